The fourth-order valence-corrected chi connectivity index (χ4v) is 2.93. The second-order valence-electron chi connectivity index (χ2n) is 4.22. The monoisotopic (exact) mass is 178 g/mol. The summed E-state index contributed by atoms with van der Waals surface area (Å²) in [6, 6.07) is 0. The molecule has 0 N–H and O–H groups in total. The summed E-state index contributed by atoms with van der Waals surface area (Å²) in [4.78, 5) is 22.7. The Morgan fingerprint density at radius 1 is 1.00 bits per heavy atom. The zero-order valence-corrected chi connectivity index (χ0v) is 7.99. The van der Waals surface area contributed by atoms with E-state index in [0.29, 0.717) is 11.8 Å². The van der Waals surface area contributed by atoms with Gasteiger partial charge in [-0.3, -0.25) is 9.59 Å². The van der Waals surface area contributed by atoms with E-state index in [2.05, 4.69) is 12.2 Å². The first kappa shape index (κ1) is 8.67. The molecule has 0 aliphatic heterocycles. The quantitative estimate of drug-likeness (QED) is 0.602. The van der Waals surface area contributed by atoms with Crippen LogP contribution in [0, 0.1) is 23.7 Å². The number of hydrogen-bond donors (Lipinski definition) is 0. The average Bonchev–Trinajstić information content (AvgIpc) is 2.60. The van der Waals surface area contributed by atoms with Crippen LogP contribution in [-0.4, -0.2) is 11.6 Å². The molecule has 2 rings (SSSR count). The van der Waals surface area contributed by atoms with Crippen LogP contribution >= 0.6 is 0 Å². The predicted octanol–water partition coefficient (Wildman–Crippen LogP) is 1.60. The standard InChI is InChI=1S/C11H14O2/c1-6(12)10-8-3-4-9(5-8)11(10)7(2)13/h3-4,8-11H,5H2,1-2H3/t8-,9+,10+,11-. The summed E-state index contributed by atoms with van der Waals surface area (Å²) < 4.78 is 0. The van der Waals surface area contributed by atoms with E-state index < -0.39 is 0 Å². The molecule has 0 aromatic carbocycles. The number of fused-ring (bicyclic) bond motifs is 2. The van der Waals surface area contributed by atoms with E-state index in [1.165, 1.54) is 0 Å². The van der Waals surface area contributed by atoms with Crippen molar-refractivity contribution in [2.24, 2.45) is 23.7 Å². The summed E-state index contributed by atoms with van der Waals surface area (Å²) in [5.74, 6) is 1.00. The molecule has 2 bridgehead atoms. The van der Waals surface area contributed by atoms with E-state index in [0.717, 1.165) is 6.42 Å². The Morgan fingerprint density at radius 2 is 1.38 bits per heavy atom. The Bertz CT molecular complexity index is 262. The third-order valence-corrected chi connectivity index (χ3v) is 3.40. The zero-order valence-electron chi connectivity index (χ0n) is 7.99. The molecule has 0 saturated heterocycles. The second kappa shape index (κ2) is 2.79. The van der Waals surface area contributed by atoms with Crippen molar-refractivity contribution < 1.29 is 9.59 Å². The summed E-state index contributed by atoms with van der Waals surface area (Å²) in [6.07, 6.45) is 5.22. The Morgan fingerprint density at radius 3 is 1.69 bits per heavy atom. The third kappa shape index (κ3) is 1.16. The minimum atomic E-state index is -0.0208. The van der Waals surface area contributed by atoms with Crippen molar-refractivity contribution in [1.82, 2.24) is 0 Å². The molecule has 2 heteroatoms. The van der Waals surface area contributed by atoms with Gasteiger partial charge < -0.3 is 0 Å². The summed E-state index contributed by atoms with van der Waals surface area (Å²) in [5, 5.41) is 0. The van der Waals surface area contributed by atoms with Gasteiger partial charge in [-0.05, 0) is 32.1 Å². The van der Waals surface area contributed by atoms with Crippen molar-refractivity contribution in [3.8, 4) is 0 Å². The van der Waals surface area contributed by atoms with E-state index in [4.69, 9.17) is 0 Å². The van der Waals surface area contributed by atoms with Crippen molar-refractivity contribution >= 4 is 11.6 Å². The van der Waals surface area contributed by atoms with Gasteiger partial charge in [-0.25, -0.2) is 0 Å². The summed E-state index contributed by atoms with van der Waals surface area (Å²) in [7, 11) is 0. The zero-order chi connectivity index (χ0) is 9.59. The molecular weight excluding hydrogens is 164 g/mol. The molecule has 0 aromatic rings. The van der Waals surface area contributed by atoms with Crippen LogP contribution in [0.3, 0.4) is 0 Å². The highest BCUT2D eigenvalue weighted by molar-refractivity contribution is 5.89. The third-order valence-electron chi connectivity index (χ3n) is 3.40. The van der Waals surface area contributed by atoms with Gasteiger partial charge in [-0.1, -0.05) is 12.2 Å². The molecule has 1 fully saturated rings. The van der Waals surface area contributed by atoms with Crippen LogP contribution in [0.5, 0.6) is 0 Å². The van der Waals surface area contributed by atoms with Crippen LogP contribution < -0.4 is 0 Å². The Kier molecular flexibility index (Phi) is 1.86. The smallest absolute Gasteiger partial charge is 0.134 e. The van der Waals surface area contributed by atoms with Crippen molar-refractivity contribution in [2.45, 2.75) is 20.3 Å². The normalized spacial score (nSPS) is 41.1. The van der Waals surface area contributed by atoms with Gasteiger partial charge in [0.2, 0.25) is 0 Å². The molecular formula is C11H14O2. The number of rotatable bonds is 2. The summed E-state index contributed by atoms with van der Waals surface area (Å²) >= 11 is 0. The van der Waals surface area contributed by atoms with Gasteiger partial charge in [0.1, 0.15) is 11.6 Å². The van der Waals surface area contributed by atoms with E-state index >= 15 is 0 Å². The van der Waals surface area contributed by atoms with Crippen molar-refractivity contribution in [3.05, 3.63) is 12.2 Å². The van der Waals surface area contributed by atoms with Gasteiger partial charge in [0.05, 0.1) is 0 Å². The molecule has 2 aliphatic carbocycles. The Labute approximate surface area is 78.0 Å². The molecule has 1 saturated carbocycles. The number of allylic oxidation sites excluding steroid dienone is 2. The molecule has 0 spiro atoms. The minimum absolute atomic E-state index is 0.0208. The lowest BCUT2D eigenvalue weighted by Crippen LogP contribution is -2.30. The van der Waals surface area contributed by atoms with E-state index in [1.807, 2.05) is 0 Å². The second-order valence-corrected chi connectivity index (χ2v) is 4.22. The van der Waals surface area contributed by atoms with E-state index in [-0.39, 0.29) is 23.4 Å². The van der Waals surface area contributed by atoms with Gasteiger partial charge in [0, 0.05) is 11.8 Å². The fraction of sp³-hybridized carbons (Fsp3) is 0.636. The molecule has 2 aliphatic rings. The highest BCUT2D eigenvalue weighted by Gasteiger charge is 2.48. The van der Waals surface area contributed by atoms with Crippen LogP contribution in [-0.2, 0) is 9.59 Å². The van der Waals surface area contributed by atoms with Crippen LogP contribution in [0.1, 0.15) is 20.3 Å². The highest BCUT2D eigenvalue weighted by Crippen LogP contribution is 2.48. The first-order valence-electron chi connectivity index (χ1n) is 4.80. The maximum Gasteiger partial charge on any atom is 0.134 e. The number of carbonyl (C=O) groups excluding carboxylic acids is 2. The molecule has 0 heterocycles. The molecule has 2 nitrogen and oxygen atoms in total. The van der Waals surface area contributed by atoms with Crippen LogP contribution in [0.4, 0.5) is 0 Å². The number of carbonyl (C=O) groups is 2. The van der Waals surface area contributed by atoms with Crippen LogP contribution in [0.15, 0.2) is 12.2 Å². The predicted molar refractivity (Wildman–Crippen MR) is 49.1 cm³/mol. The molecule has 13 heavy (non-hydrogen) atoms. The largest absolute Gasteiger partial charge is 0.300 e. The molecule has 70 valence electrons. The maximum atomic E-state index is 11.4. The van der Waals surface area contributed by atoms with Crippen molar-refractivity contribution in [1.29, 1.82) is 0 Å². The summed E-state index contributed by atoms with van der Waals surface area (Å²) in [6.45, 7) is 3.21. The van der Waals surface area contributed by atoms with Crippen molar-refractivity contribution in [2.75, 3.05) is 0 Å². The topological polar surface area (TPSA) is 34.1 Å². The highest BCUT2D eigenvalue weighted by atomic mass is 16.1. The van der Waals surface area contributed by atoms with Crippen molar-refractivity contribution in [3.63, 3.8) is 0 Å². The number of Topliss-reactive ketones (excluding diaryl/α,β-unsaturated/α-hetero) is 2. The van der Waals surface area contributed by atoms with Gasteiger partial charge in [0.15, 0.2) is 0 Å². The molecule has 0 unspecified atom stereocenters. The fourth-order valence-electron chi connectivity index (χ4n) is 2.93. The Balaban J connectivity index is 2.30. The Hall–Kier alpha value is -0.920. The lowest BCUT2D eigenvalue weighted by atomic mass is 9.79. The van der Waals surface area contributed by atoms with E-state index in [1.54, 1.807) is 13.8 Å². The summed E-state index contributed by atoms with van der Waals surface area (Å²) in [5.41, 5.74) is 0. The molecule has 0 radical (unpaired) electrons. The molecule has 4 atom stereocenters. The van der Waals surface area contributed by atoms with E-state index in [9.17, 15) is 9.59 Å². The van der Waals surface area contributed by atoms with Gasteiger partial charge >= 0.3 is 0 Å². The first-order valence-corrected chi connectivity index (χ1v) is 4.80. The lowest BCUT2D eigenvalue weighted by molar-refractivity contribution is -0.130. The SMILES string of the molecule is CC(=O)[C@@H]1[C@H](C(C)=O)[C@H]2C=C[C@@H]1C2. The number of ketones is 2. The average molecular weight is 178 g/mol. The van der Waals surface area contributed by atoms with Gasteiger partial charge in [-0.2, -0.15) is 0 Å². The molecule has 0 aromatic heterocycles. The number of hydrogen-bond acceptors (Lipinski definition) is 2. The van der Waals surface area contributed by atoms with Gasteiger partial charge in [0.25, 0.3) is 0 Å². The molecule has 0 amide bonds. The van der Waals surface area contributed by atoms with Crippen LogP contribution in [0.2, 0.25) is 0 Å². The minimum Gasteiger partial charge on any atom is -0.300 e. The first-order chi connectivity index (χ1) is 6.11. The lowest BCUT2D eigenvalue weighted by Gasteiger charge is -2.23. The van der Waals surface area contributed by atoms with Crippen LogP contribution in [0.25, 0.3) is 0 Å². The maximum absolute atomic E-state index is 11.4. The van der Waals surface area contributed by atoms with Gasteiger partial charge in [-0.15, -0.1) is 0 Å².